The van der Waals surface area contributed by atoms with Crippen molar-refractivity contribution in [1.29, 1.82) is 5.26 Å². The molecule has 32 heavy (non-hydrogen) atoms. The molecule has 11 heteroatoms. The SMILES string of the molecule is Cc1cc(C(F)(F)F)nc(C(C#N)=C2Nc3ccc(NC(=O)C4CCCN4C)cc3N2)n1. The Kier molecular flexibility index (Phi) is 5.48. The summed E-state index contributed by atoms with van der Waals surface area (Å²) < 4.78 is 39.4. The van der Waals surface area contributed by atoms with Gasteiger partial charge in [-0.2, -0.15) is 18.4 Å². The number of anilines is 3. The first-order chi connectivity index (χ1) is 15.2. The molecule has 2 aliphatic rings. The van der Waals surface area contributed by atoms with E-state index in [1.807, 2.05) is 18.0 Å². The fraction of sp³-hybridized carbons (Fsp3) is 0.333. The molecular formula is C21H20F3N7O. The number of amides is 1. The van der Waals surface area contributed by atoms with E-state index in [0.29, 0.717) is 17.1 Å². The number of fused-ring (bicyclic) bond motifs is 1. The summed E-state index contributed by atoms with van der Waals surface area (Å²) in [5.74, 6) is -0.266. The summed E-state index contributed by atoms with van der Waals surface area (Å²) in [7, 11) is 1.91. The zero-order chi connectivity index (χ0) is 23.0. The Morgan fingerprint density at radius 2 is 2.00 bits per heavy atom. The molecule has 8 nitrogen and oxygen atoms in total. The van der Waals surface area contributed by atoms with Gasteiger partial charge in [0.2, 0.25) is 5.91 Å². The standard InChI is InChI=1S/C21H20F3N7O/c1-11-8-17(21(22,23)24)30-18(26-11)13(10-25)19-28-14-6-5-12(9-15(14)29-19)27-20(32)16-4-3-7-31(16)2/h5-6,8-9,16,28-29H,3-4,7H2,1-2H3,(H,27,32). The van der Waals surface area contributed by atoms with Gasteiger partial charge in [-0.1, -0.05) is 0 Å². The molecule has 3 N–H and O–H groups in total. The van der Waals surface area contributed by atoms with Gasteiger partial charge >= 0.3 is 6.18 Å². The molecule has 1 aromatic carbocycles. The van der Waals surface area contributed by atoms with E-state index in [4.69, 9.17) is 0 Å². The van der Waals surface area contributed by atoms with E-state index >= 15 is 0 Å². The van der Waals surface area contributed by atoms with Crippen LogP contribution in [0.25, 0.3) is 5.57 Å². The highest BCUT2D eigenvalue weighted by molar-refractivity contribution is 5.97. The highest BCUT2D eigenvalue weighted by Gasteiger charge is 2.34. The lowest BCUT2D eigenvalue weighted by molar-refractivity contribution is -0.141. The quantitative estimate of drug-likeness (QED) is 0.623. The zero-order valence-corrected chi connectivity index (χ0v) is 17.3. The molecule has 0 radical (unpaired) electrons. The maximum Gasteiger partial charge on any atom is 0.433 e. The third-order valence-corrected chi connectivity index (χ3v) is 5.36. The zero-order valence-electron chi connectivity index (χ0n) is 17.3. The average molecular weight is 443 g/mol. The minimum Gasteiger partial charge on any atom is -0.339 e. The van der Waals surface area contributed by atoms with Gasteiger partial charge in [-0.15, -0.1) is 0 Å². The first kappa shape index (κ1) is 21.6. The van der Waals surface area contributed by atoms with Crippen molar-refractivity contribution in [2.45, 2.75) is 32.0 Å². The monoisotopic (exact) mass is 443 g/mol. The number of carbonyl (C=O) groups is 1. The minimum absolute atomic E-state index is 0.0908. The number of carbonyl (C=O) groups excluding carboxylic acids is 1. The highest BCUT2D eigenvalue weighted by Crippen LogP contribution is 2.36. The first-order valence-corrected chi connectivity index (χ1v) is 9.92. The van der Waals surface area contributed by atoms with Crippen LogP contribution in [0.1, 0.15) is 30.1 Å². The number of aryl methyl sites for hydroxylation is 1. The smallest absolute Gasteiger partial charge is 0.339 e. The van der Waals surface area contributed by atoms with Crippen LogP contribution in [0.4, 0.5) is 30.2 Å². The van der Waals surface area contributed by atoms with Crippen LogP contribution in [0.2, 0.25) is 0 Å². The Bertz CT molecular complexity index is 1150. The van der Waals surface area contributed by atoms with E-state index in [1.54, 1.807) is 18.2 Å². The van der Waals surface area contributed by atoms with E-state index in [2.05, 4.69) is 25.9 Å². The number of alkyl halides is 3. The van der Waals surface area contributed by atoms with Crippen molar-refractivity contribution in [3.05, 3.63) is 47.3 Å². The van der Waals surface area contributed by atoms with Crippen molar-refractivity contribution in [1.82, 2.24) is 14.9 Å². The summed E-state index contributed by atoms with van der Waals surface area (Å²) in [6.07, 6.45) is -2.90. The number of nitrogens with zero attached hydrogens (tertiary/aromatic N) is 4. The molecule has 1 unspecified atom stereocenters. The van der Waals surface area contributed by atoms with Crippen molar-refractivity contribution in [3.8, 4) is 6.07 Å². The van der Waals surface area contributed by atoms with E-state index < -0.39 is 11.9 Å². The van der Waals surface area contributed by atoms with Gasteiger partial charge in [0.05, 0.1) is 17.4 Å². The van der Waals surface area contributed by atoms with Crippen LogP contribution in [0.3, 0.4) is 0 Å². The second-order valence-electron chi connectivity index (χ2n) is 7.72. The van der Waals surface area contributed by atoms with Crippen LogP contribution in [0.15, 0.2) is 30.1 Å². The predicted octanol–water partition coefficient (Wildman–Crippen LogP) is 3.57. The molecule has 1 amide bonds. The molecule has 2 aliphatic heterocycles. The Morgan fingerprint density at radius 3 is 2.66 bits per heavy atom. The van der Waals surface area contributed by atoms with Crippen LogP contribution < -0.4 is 16.0 Å². The lowest BCUT2D eigenvalue weighted by Crippen LogP contribution is -2.37. The van der Waals surface area contributed by atoms with Gasteiger partial charge in [0.15, 0.2) is 5.82 Å². The Morgan fingerprint density at radius 1 is 1.25 bits per heavy atom. The van der Waals surface area contributed by atoms with Crippen LogP contribution in [0, 0.1) is 18.3 Å². The Hall–Kier alpha value is -3.65. The van der Waals surface area contributed by atoms with Crippen LogP contribution >= 0.6 is 0 Å². The Labute approximate surface area is 182 Å². The number of nitriles is 1. The summed E-state index contributed by atoms with van der Waals surface area (Å²) >= 11 is 0. The third kappa shape index (κ3) is 4.22. The molecular weight excluding hydrogens is 423 g/mol. The average Bonchev–Trinajstić information content (AvgIpc) is 3.33. The number of nitrogens with one attached hydrogen (secondary N) is 3. The number of hydrogen-bond acceptors (Lipinski definition) is 7. The summed E-state index contributed by atoms with van der Waals surface area (Å²) in [6.45, 7) is 2.27. The van der Waals surface area contributed by atoms with Crippen molar-refractivity contribution >= 4 is 28.5 Å². The largest absolute Gasteiger partial charge is 0.433 e. The number of likely N-dealkylation sites (tertiary alicyclic amines) is 1. The van der Waals surface area contributed by atoms with E-state index in [1.165, 1.54) is 6.92 Å². The maximum atomic E-state index is 13.1. The number of allylic oxidation sites excluding steroid dienone is 1. The van der Waals surface area contributed by atoms with Gasteiger partial charge in [0, 0.05) is 11.4 Å². The van der Waals surface area contributed by atoms with E-state index in [0.717, 1.165) is 25.5 Å². The summed E-state index contributed by atoms with van der Waals surface area (Å²) in [5, 5.41) is 18.4. The second-order valence-corrected chi connectivity index (χ2v) is 7.72. The summed E-state index contributed by atoms with van der Waals surface area (Å²) in [4.78, 5) is 22.1. The van der Waals surface area contributed by atoms with Gasteiger partial charge in [0.1, 0.15) is 23.2 Å². The van der Waals surface area contributed by atoms with Crippen molar-refractivity contribution in [2.75, 3.05) is 29.5 Å². The Balaban J connectivity index is 1.59. The minimum atomic E-state index is -4.66. The van der Waals surface area contributed by atoms with Gasteiger partial charge in [-0.25, -0.2) is 9.97 Å². The molecule has 0 spiro atoms. The van der Waals surface area contributed by atoms with E-state index in [9.17, 15) is 23.2 Å². The normalized spacial score (nSPS) is 19.6. The van der Waals surface area contributed by atoms with Crippen LogP contribution in [-0.4, -0.2) is 40.4 Å². The molecule has 166 valence electrons. The molecule has 1 fully saturated rings. The first-order valence-electron chi connectivity index (χ1n) is 9.92. The van der Waals surface area contributed by atoms with E-state index in [-0.39, 0.29) is 34.9 Å². The molecule has 2 aromatic rings. The number of halogens is 3. The number of rotatable bonds is 3. The molecule has 4 rings (SSSR count). The lowest BCUT2D eigenvalue weighted by Gasteiger charge is -2.18. The number of aromatic nitrogens is 2. The second kappa shape index (κ2) is 8.12. The van der Waals surface area contributed by atoms with Gasteiger partial charge < -0.3 is 16.0 Å². The van der Waals surface area contributed by atoms with Gasteiger partial charge in [-0.05, 0) is 57.6 Å². The molecule has 0 aliphatic carbocycles. The van der Waals surface area contributed by atoms with Gasteiger partial charge in [0.25, 0.3) is 0 Å². The number of benzene rings is 1. The fourth-order valence-corrected chi connectivity index (χ4v) is 3.77. The summed E-state index contributed by atoms with van der Waals surface area (Å²) in [5.41, 5.74) is 0.545. The molecule has 1 atom stereocenters. The lowest BCUT2D eigenvalue weighted by atomic mass is 10.2. The fourth-order valence-electron chi connectivity index (χ4n) is 3.77. The summed E-state index contributed by atoms with van der Waals surface area (Å²) in [6, 6.07) is 7.62. The topological polar surface area (TPSA) is 106 Å². The number of hydrogen-bond donors (Lipinski definition) is 3. The molecule has 1 aromatic heterocycles. The maximum absolute atomic E-state index is 13.1. The molecule has 3 heterocycles. The number of likely N-dealkylation sites (N-methyl/N-ethyl adjacent to an activating group) is 1. The highest BCUT2D eigenvalue weighted by atomic mass is 19.4. The van der Waals surface area contributed by atoms with Crippen molar-refractivity contribution < 1.29 is 18.0 Å². The molecule has 1 saturated heterocycles. The van der Waals surface area contributed by atoms with Crippen LogP contribution in [-0.2, 0) is 11.0 Å². The molecule has 0 saturated carbocycles. The van der Waals surface area contributed by atoms with Crippen LogP contribution in [0.5, 0.6) is 0 Å². The van der Waals surface area contributed by atoms with Gasteiger partial charge in [-0.3, -0.25) is 9.69 Å². The molecule has 0 bridgehead atoms. The third-order valence-electron chi connectivity index (χ3n) is 5.36. The van der Waals surface area contributed by atoms with Crippen molar-refractivity contribution in [3.63, 3.8) is 0 Å². The van der Waals surface area contributed by atoms with Crippen molar-refractivity contribution in [2.24, 2.45) is 0 Å². The predicted molar refractivity (Wildman–Crippen MR) is 112 cm³/mol.